The van der Waals surface area contributed by atoms with Crippen molar-refractivity contribution in [1.29, 1.82) is 0 Å². The van der Waals surface area contributed by atoms with E-state index in [0.29, 0.717) is 30.1 Å². The third-order valence-corrected chi connectivity index (χ3v) is 10.8. The summed E-state index contributed by atoms with van der Waals surface area (Å²) in [6.07, 6.45) is 8.12. The minimum Gasteiger partial charge on any atom is -0.490 e. The van der Waals surface area contributed by atoms with Crippen LogP contribution in [0.25, 0.3) is 0 Å². The van der Waals surface area contributed by atoms with Crippen LogP contribution in [0.15, 0.2) is 11.3 Å². The summed E-state index contributed by atoms with van der Waals surface area (Å²) in [5.41, 5.74) is 1.25. The first-order valence-electron chi connectivity index (χ1n) is 11.5. The number of carbonyl (C=O) groups is 1. The number of hydrogen-bond acceptors (Lipinski definition) is 4. The van der Waals surface area contributed by atoms with Crippen molar-refractivity contribution in [3.05, 3.63) is 11.3 Å². The molecule has 5 aliphatic rings. The van der Waals surface area contributed by atoms with E-state index in [-0.39, 0.29) is 34.2 Å². The van der Waals surface area contributed by atoms with Gasteiger partial charge in [-0.1, -0.05) is 27.7 Å². The van der Waals surface area contributed by atoms with Crippen LogP contribution >= 0.6 is 11.8 Å². The van der Waals surface area contributed by atoms with Crippen molar-refractivity contribution in [2.45, 2.75) is 83.2 Å². The van der Waals surface area contributed by atoms with Crippen LogP contribution in [-0.2, 0) is 9.53 Å². The number of aliphatic hydroxyl groups excluding tert-OH is 1. The van der Waals surface area contributed by atoms with Crippen molar-refractivity contribution < 1.29 is 14.6 Å². The monoisotopic (exact) mass is 419 g/mol. The number of carbonyl (C=O) groups excluding carboxylic acids is 1. The van der Waals surface area contributed by atoms with Crippen molar-refractivity contribution in [3.63, 3.8) is 0 Å². The van der Waals surface area contributed by atoms with Crippen LogP contribution in [-0.4, -0.2) is 40.8 Å². The molecule has 1 amide bonds. The summed E-state index contributed by atoms with van der Waals surface area (Å²) in [7, 11) is 0. The van der Waals surface area contributed by atoms with E-state index in [1.54, 1.807) is 0 Å². The van der Waals surface area contributed by atoms with Crippen molar-refractivity contribution in [3.8, 4) is 0 Å². The van der Waals surface area contributed by atoms with Gasteiger partial charge in [0.15, 0.2) is 0 Å². The molecule has 0 aromatic rings. The van der Waals surface area contributed by atoms with E-state index < -0.39 is 6.10 Å². The first-order chi connectivity index (χ1) is 13.6. The highest BCUT2D eigenvalue weighted by Crippen LogP contribution is 2.69. The van der Waals surface area contributed by atoms with Crippen LogP contribution < -0.4 is 5.32 Å². The molecule has 8 unspecified atom stereocenters. The first-order valence-corrected chi connectivity index (χ1v) is 12.8. The van der Waals surface area contributed by atoms with Gasteiger partial charge in [-0.2, -0.15) is 11.8 Å². The number of thioether (sulfide) groups is 1. The van der Waals surface area contributed by atoms with Gasteiger partial charge in [0.25, 0.3) is 0 Å². The molecule has 2 saturated heterocycles. The molecule has 4 nitrogen and oxygen atoms in total. The highest BCUT2D eigenvalue weighted by Gasteiger charge is 2.69. The van der Waals surface area contributed by atoms with Gasteiger partial charge in [-0.25, -0.2) is 0 Å². The smallest absolute Gasteiger partial charge is 0.227 e. The summed E-state index contributed by atoms with van der Waals surface area (Å²) >= 11 is 1.99. The minimum atomic E-state index is -0.475. The molecule has 3 aliphatic carbocycles. The van der Waals surface area contributed by atoms with Gasteiger partial charge in [0.1, 0.15) is 11.4 Å². The number of rotatable bonds is 1. The maximum absolute atomic E-state index is 12.4. The van der Waals surface area contributed by atoms with E-state index in [0.717, 1.165) is 24.2 Å². The molecule has 29 heavy (non-hydrogen) atoms. The van der Waals surface area contributed by atoms with Crippen molar-refractivity contribution >= 4 is 17.7 Å². The average molecular weight is 420 g/mol. The molecule has 8 atom stereocenters. The molecule has 5 rings (SSSR count). The summed E-state index contributed by atoms with van der Waals surface area (Å²) in [5, 5.41) is 14.7. The lowest BCUT2D eigenvalue weighted by Crippen LogP contribution is -2.69. The van der Waals surface area contributed by atoms with Crippen LogP contribution in [0.5, 0.6) is 0 Å². The number of fused-ring (bicyclic) bond motifs is 2. The van der Waals surface area contributed by atoms with Gasteiger partial charge in [0, 0.05) is 29.0 Å². The van der Waals surface area contributed by atoms with Crippen molar-refractivity contribution in [2.24, 2.45) is 34.5 Å². The van der Waals surface area contributed by atoms with E-state index in [1.807, 2.05) is 11.8 Å². The fraction of sp³-hybridized carbons (Fsp3) is 0.875. The Balaban J connectivity index is 1.67. The lowest BCUT2D eigenvalue weighted by atomic mass is 9.43. The largest absolute Gasteiger partial charge is 0.490 e. The summed E-state index contributed by atoms with van der Waals surface area (Å²) in [6, 6.07) is 0. The number of ether oxygens (including phenoxy) is 1. The number of nitrogens with one attached hydrogen (secondary N) is 1. The summed E-state index contributed by atoms with van der Waals surface area (Å²) in [5.74, 6) is 2.01. The SMILES string of the molecule is CSC1CC(C)(C)C2CCC(C)C3(C)CC4C(=C5CNC(=O)C5CC4O)OC23C1. The predicted molar refractivity (Wildman–Crippen MR) is 116 cm³/mol. The molecule has 0 aromatic heterocycles. The Bertz CT molecular complexity index is 763. The number of aliphatic hydroxyl groups is 1. The van der Waals surface area contributed by atoms with Gasteiger partial charge < -0.3 is 15.2 Å². The third kappa shape index (κ3) is 2.58. The molecule has 2 saturated carbocycles. The zero-order chi connectivity index (χ0) is 20.8. The van der Waals surface area contributed by atoms with Crippen LogP contribution in [0.1, 0.15) is 66.2 Å². The zero-order valence-corrected chi connectivity index (χ0v) is 19.4. The van der Waals surface area contributed by atoms with Gasteiger partial charge in [-0.15, -0.1) is 0 Å². The van der Waals surface area contributed by atoms with Crippen LogP contribution in [0.4, 0.5) is 0 Å². The molecule has 4 fully saturated rings. The van der Waals surface area contributed by atoms with Gasteiger partial charge in [0.2, 0.25) is 5.91 Å². The normalized spacial score (nSPS) is 50.6. The highest BCUT2D eigenvalue weighted by atomic mass is 32.2. The topological polar surface area (TPSA) is 58.6 Å². The van der Waals surface area contributed by atoms with Crippen molar-refractivity contribution in [1.82, 2.24) is 5.32 Å². The summed E-state index contributed by atoms with van der Waals surface area (Å²) < 4.78 is 7.27. The summed E-state index contributed by atoms with van der Waals surface area (Å²) in [4.78, 5) is 12.4. The zero-order valence-electron chi connectivity index (χ0n) is 18.6. The second-order valence-electron chi connectivity index (χ2n) is 11.5. The Labute approximate surface area is 179 Å². The van der Waals surface area contributed by atoms with Gasteiger partial charge in [0.05, 0.1) is 12.0 Å². The average Bonchev–Trinajstić information content (AvgIpc) is 3.02. The molecule has 2 aliphatic heterocycles. The predicted octanol–water partition coefficient (Wildman–Crippen LogP) is 4.13. The second kappa shape index (κ2) is 6.41. The van der Waals surface area contributed by atoms with Crippen molar-refractivity contribution in [2.75, 3.05) is 12.8 Å². The quantitative estimate of drug-likeness (QED) is 0.671. The lowest BCUT2D eigenvalue weighted by Gasteiger charge is -2.69. The Morgan fingerprint density at radius 1 is 1.17 bits per heavy atom. The first kappa shape index (κ1) is 20.2. The Hall–Kier alpha value is -0.680. The molecule has 0 radical (unpaired) electrons. The fourth-order valence-corrected chi connectivity index (χ4v) is 9.04. The Kier molecular flexibility index (Phi) is 4.48. The van der Waals surface area contributed by atoms with E-state index in [9.17, 15) is 9.90 Å². The number of amides is 1. The molecule has 5 heteroatoms. The molecule has 0 aromatic carbocycles. The molecule has 162 valence electrons. The lowest BCUT2D eigenvalue weighted by molar-refractivity contribution is -0.264. The standard InChI is InChI=1S/C24H37NO3S/c1-13-6-7-19-22(2,3)9-14(29-5)10-24(19)23(13,4)11-16-18(26)8-15-17(20(16)28-24)12-25-21(15)27/h13-16,18-19,26H,6-12H2,1-5H3,(H,25,27). The van der Waals surface area contributed by atoms with Gasteiger partial charge in [-0.05, 0) is 61.7 Å². The maximum Gasteiger partial charge on any atom is 0.227 e. The van der Waals surface area contributed by atoms with E-state index in [1.165, 1.54) is 19.3 Å². The maximum atomic E-state index is 12.4. The third-order valence-electron chi connectivity index (χ3n) is 9.79. The van der Waals surface area contributed by atoms with Gasteiger partial charge in [-0.3, -0.25) is 4.79 Å². The van der Waals surface area contributed by atoms with Crippen LogP contribution in [0.2, 0.25) is 0 Å². The van der Waals surface area contributed by atoms with Gasteiger partial charge >= 0.3 is 0 Å². The van der Waals surface area contributed by atoms with E-state index in [2.05, 4.69) is 39.3 Å². The highest BCUT2D eigenvalue weighted by molar-refractivity contribution is 7.99. The molecule has 2 N–H and O–H groups in total. The van der Waals surface area contributed by atoms with E-state index >= 15 is 0 Å². The van der Waals surface area contributed by atoms with E-state index in [4.69, 9.17) is 4.74 Å². The second-order valence-corrected chi connectivity index (χ2v) is 12.6. The van der Waals surface area contributed by atoms with Crippen LogP contribution in [0, 0.1) is 34.5 Å². The fourth-order valence-electron chi connectivity index (χ4n) is 8.03. The molecular weight excluding hydrogens is 382 g/mol. The molecular formula is C24H37NO3S. The Morgan fingerprint density at radius 3 is 2.66 bits per heavy atom. The molecule has 0 bridgehead atoms. The molecule has 2 heterocycles. The molecule has 1 spiro atoms. The Morgan fingerprint density at radius 2 is 1.93 bits per heavy atom. The number of hydrogen-bond donors (Lipinski definition) is 2. The summed E-state index contributed by atoms with van der Waals surface area (Å²) in [6.45, 7) is 10.4. The minimum absolute atomic E-state index is 0.0449. The van der Waals surface area contributed by atoms with Crippen LogP contribution in [0.3, 0.4) is 0 Å².